The molecule has 0 saturated carbocycles. The van der Waals surface area contributed by atoms with Crippen LogP contribution in [0.25, 0.3) is 0 Å². The Kier molecular flexibility index (Phi) is 4.00. The van der Waals surface area contributed by atoms with Gasteiger partial charge in [0.05, 0.1) is 0 Å². The number of nitrogens with one attached hydrogen (secondary N) is 1. The molecule has 0 saturated heterocycles. The topological polar surface area (TPSA) is 12.0 Å². The summed E-state index contributed by atoms with van der Waals surface area (Å²) in [5.74, 6) is -2.89. The van der Waals surface area contributed by atoms with Crippen LogP contribution in [0.2, 0.25) is 5.02 Å². The number of benzene rings is 2. The number of aryl methyl sites for hydroxylation is 1. The highest BCUT2D eigenvalue weighted by atomic mass is 35.5. The molecule has 19 heavy (non-hydrogen) atoms. The molecule has 0 radical (unpaired) electrons. The van der Waals surface area contributed by atoms with E-state index >= 15 is 0 Å². The lowest BCUT2D eigenvalue weighted by molar-refractivity contribution is 0.547. The van der Waals surface area contributed by atoms with E-state index in [0.29, 0.717) is 22.7 Å². The van der Waals surface area contributed by atoms with Crippen molar-refractivity contribution in [2.45, 2.75) is 13.5 Å². The zero-order valence-corrected chi connectivity index (χ0v) is 10.9. The van der Waals surface area contributed by atoms with E-state index in [4.69, 9.17) is 11.6 Å². The molecule has 0 aliphatic heterocycles. The van der Waals surface area contributed by atoms with Gasteiger partial charge in [-0.1, -0.05) is 23.7 Å². The highest BCUT2D eigenvalue weighted by Gasteiger charge is 2.11. The van der Waals surface area contributed by atoms with E-state index in [1.54, 1.807) is 12.1 Å². The van der Waals surface area contributed by atoms with Gasteiger partial charge in [0.1, 0.15) is 11.5 Å². The second-order valence-electron chi connectivity index (χ2n) is 4.19. The Morgan fingerprint density at radius 2 is 1.68 bits per heavy atom. The predicted molar refractivity (Wildman–Crippen MR) is 69.8 cm³/mol. The van der Waals surface area contributed by atoms with Gasteiger partial charge < -0.3 is 5.32 Å². The third-order valence-electron chi connectivity index (χ3n) is 2.67. The number of halogens is 4. The van der Waals surface area contributed by atoms with Crippen LogP contribution in [0.3, 0.4) is 0 Å². The maximum atomic E-state index is 13.4. The maximum absolute atomic E-state index is 13.4. The van der Waals surface area contributed by atoms with Crippen LogP contribution in [0.5, 0.6) is 0 Å². The molecule has 0 atom stereocenters. The van der Waals surface area contributed by atoms with Gasteiger partial charge in [0.15, 0.2) is 11.6 Å². The summed E-state index contributed by atoms with van der Waals surface area (Å²) in [4.78, 5) is 0. The lowest BCUT2D eigenvalue weighted by Crippen LogP contribution is -2.05. The Hall–Kier alpha value is -1.68. The van der Waals surface area contributed by atoms with Crippen molar-refractivity contribution >= 4 is 17.3 Å². The first-order valence-electron chi connectivity index (χ1n) is 5.61. The second-order valence-corrected chi connectivity index (χ2v) is 4.60. The van der Waals surface area contributed by atoms with Crippen LogP contribution in [0.4, 0.5) is 18.9 Å². The fourth-order valence-electron chi connectivity index (χ4n) is 1.69. The molecule has 0 bridgehead atoms. The monoisotopic (exact) mass is 285 g/mol. The predicted octanol–water partition coefficient (Wildman–Crippen LogP) is 4.68. The maximum Gasteiger partial charge on any atom is 0.152 e. The van der Waals surface area contributed by atoms with Crippen molar-refractivity contribution in [1.82, 2.24) is 0 Å². The van der Waals surface area contributed by atoms with Crippen LogP contribution in [0.1, 0.15) is 11.1 Å². The second kappa shape index (κ2) is 5.53. The Morgan fingerprint density at radius 3 is 2.26 bits per heavy atom. The standard InChI is InChI=1S/C14H11ClF3N/c1-8-2-3-9(11(15)4-8)7-19-14-12(17)5-10(16)6-13(14)18/h2-6,19H,7H2,1H3. The van der Waals surface area contributed by atoms with Crippen molar-refractivity contribution in [3.8, 4) is 0 Å². The molecule has 0 aromatic heterocycles. The fraction of sp³-hybridized carbons (Fsp3) is 0.143. The van der Waals surface area contributed by atoms with Crippen LogP contribution in [0.15, 0.2) is 30.3 Å². The molecule has 0 aliphatic rings. The Morgan fingerprint density at radius 1 is 1.05 bits per heavy atom. The van der Waals surface area contributed by atoms with Crippen LogP contribution < -0.4 is 5.32 Å². The first-order valence-corrected chi connectivity index (χ1v) is 5.98. The van der Waals surface area contributed by atoms with E-state index in [0.717, 1.165) is 5.56 Å². The number of hydrogen-bond acceptors (Lipinski definition) is 1. The molecule has 100 valence electrons. The van der Waals surface area contributed by atoms with E-state index in [1.807, 2.05) is 13.0 Å². The lowest BCUT2D eigenvalue weighted by Gasteiger charge is -2.10. The minimum Gasteiger partial charge on any atom is -0.376 e. The zero-order chi connectivity index (χ0) is 14.0. The van der Waals surface area contributed by atoms with Crippen LogP contribution in [-0.4, -0.2) is 0 Å². The molecule has 5 heteroatoms. The highest BCUT2D eigenvalue weighted by molar-refractivity contribution is 6.31. The zero-order valence-electron chi connectivity index (χ0n) is 10.1. The molecule has 1 nitrogen and oxygen atoms in total. The molecule has 1 N–H and O–H groups in total. The third kappa shape index (κ3) is 3.20. The molecule has 2 aromatic rings. The van der Waals surface area contributed by atoms with Crippen LogP contribution >= 0.6 is 11.6 Å². The molecular formula is C14H11ClF3N. The van der Waals surface area contributed by atoms with E-state index < -0.39 is 17.5 Å². The largest absolute Gasteiger partial charge is 0.376 e. The van der Waals surface area contributed by atoms with Gasteiger partial charge in [0.2, 0.25) is 0 Å². The quantitative estimate of drug-likeness (QED) is 0.863. The van der Waals surface area contributed by atoms with Crippen molar-refractivity contribution < 1.29 is 13.2 Å². The minimum atomic E-state index is -0.972. The van der Waals surface area contributed by atoms with Gasteiger partial charge in [-0.25, -0.2) is 13.2 Å². The van der Waals surface area contributed by atoms with E-state index in [-0.39, 0.29) is 12.2 Å². The molecule has 0 fully saturated rings. The van der Waals surface area contributed by atoms with Crippen LogP contribution in [-0.2, 0) is 6.54 Å². The van der Waals surface area contributed by atoms with Gasteiger partial charge >= 0.3 is 0 Å². The summed E-state index contributed by atoms with van der Waals surface area (Å²) in [7, 11) is 0. The Bertz CT molecular complexity index is 591. The summed E-state index contributed by atoms with van der Waals surface area (Å²) in [6, 6.07) is 6.63. The smallest absolute Gasteiger partial charge is 0.152 e. The molecule has 2 rings (SSSR count). The van der Waals surface area contributed by atoms with Gasteiger partial charge in [0.25, 0.3) is 0 Å². The average molecular weight is 286 g/mol. The normalized spacial score (nSPS) is 10.6. The molecular weight excluding hydrogens is 275 g/mol. The van der Waals surface area contributed by atoms with Crippen molar-refractivity contribution in [3.63, 3.8) is 0 Å². The van der Waals surface area contributed by atoms with Gasteiger partial charge in [-0.05, 0) is 24.1 Å². The van der Waals surface area contributed by atoms with Crippen molar-refractivity contribution in [1.29, 1.82) is 0 Å². The average Bonchev–Trinajstić information content (AvgIpc) is 2.30. The number of anilines is 1. The highest BCUT2D eigenvalue weighted by Crippen LogP contribution is 2.23. The molecule has 2 aromatic carbocycles. The fourth-order valence-corrected chi connectivity index (χ4v) is 1.99. The molecule has 0 heterocycles. The minimum absolute atomic E-state index is 0.151. The molecule has 0 aliphatic carbocycles. The summed E-state index contributed by atoms with van der Waals surface area (Å²) in [5.41, 5.74) is 1.33. The van der Waals surface area contributed by atoms with Gasteiger partial charge in [-0.3, -0.25) is 0 Å². The van der Waals surface area contributed by atoms with Gasteiger partial charge in [-0.15, -0.1) is 0 Å². The van der Waals surface area contributed by atoms with E-state index in [9.17, 15) is 13.2 Å². The van der Waals surface area contributed by atoms with E-state index in [2.05, 4.69) is 5.32 Å². The Balaban J connectivity index is 2.19. The summed E-state index contributed by atoms with van der Waals surface area (Å²) in [6.45, 7) is 2.04. The lowest BCUT2D eigenvalue weighted by atomic mass is 10.1. The molecule has 0 amide bonds. The SMILES string of the molecule is Cc1ccc(CNc2c(F)cc(F)cc2F)c(Cl)c1. The third-order valence-corrected chi connectivity index (χ3v) is 3.02. The summed E-state index contributed by atoms with van der Waals surface area (Å²) in [5, 5.41) is 3.09. The molecule has 0 unspecified atom stereocenters. The summed E-state index contributed by atoms with van der Waals surface area (Å²) < 4.78 is 39.6. The Labute approximate surface area is 114 Å². The van der Waals surface area contributed by atoms with Gasteiger partial charge in [0, 0.05) is 23.7 Å². The van der Waals surface area contributed by atoms with Gasteiger partial charge in [-0.2, -0.15) is 0 Å². The number of rotatable bonds is 3. The molecule has 0 spiro atoms. The summed E-state index contributed by atoms with van der Waals surface area (Å²) >= 11 is 6.01. The van der Waals surface area contributed by atoms with Crippen LogP contribution in [0, 0.1) is 24.4 Å². The van der Waals surface area contributed by atoms with Crippen molar-refractivity contribution in [2.75, 3.05) is 5.32 Å². The van der Waals surface area contributed by atoms with Crippen molar-refractivity contribution in [2.24, 2.45) is 0 Å². The summed E-state index contributed by atoms with van der Waals surface area (Å²) in [6.07, 6.45) is 0. The number of hydrogen-bond donors (Lipinski definition) is 1. The first kappa shape index (κ1) is 13.7. The van der Waals surface area contributed by atoms with E-state index in [1.165, 1.54) is 0 Å². The van der Waals surface area contributed by atoms with Crippen molar-refractivity contribution in [3.05, 3.63) is 63.9 Å². The first-order chi connectivity index (χ1) is 8.97.